The molecule has 5 aromatic rings. The summed E-state index contributed by atoms with van der Waals surface area (Å²) in [5.41, 5.74) is 3.60. The lowest BCUT2D eigenvalue weighted by atomic mass is 10.2. The number of rotatable bonds is 6. The number of hydroxylamine groups is 2. The molecule has 0 fully saturated rings. The predicted octanol–water partition coefficient (Wildman–Crippen LogP) is 4.87. The molecule has 9 nitrogen and oxygen atoms in total. The van der Waals surface area contributed by atoms with Crippen LogP contribution >= 0.6 is 0 Å². The summed E-state index contributed by atoms with van der Waals surface area (Å²) in [4.78, 5) is 10.9. The first-order valence-corrected chi connectivity index (χ1v) is 13.8. The molecule has 2 atom stereocenters. The molecule has 3 heterocycles. The minimum atomic E-state index is -4.14. The summed E-state index contributed by atoms with van der Waals surface area (Å²) >= 11 is 0. The van der Waals surface area contributed by atoms with Crippen molar-refractivity contribution in [2.45, 2.75) is 18.0 Å². The molecule has 0 N–H and O–H groups in total. The number of hydrogen-bond donors (Lipinski definition) is 0. The van der Waals surface area contributed by atoms with Gasteiger partial charge in [0, 0.05) is 24.7 Å². The van der Waals surface area contributed by atoms with E-state index < -0.39 is 20.9 Å². The van der Waals surface area contributed by atoms with Crippen LogP contribution in [0.2, 0.25) is 0 Å². The normalized spacial score (nSPS) is 19.2. The highest BCUT2D eigenvalue weighted by Crippen LogP contribution is 2.42. The molecular formula is C29H27N6O3S+. The minimum absolute atomic E-state index is 0.0720. The van der Waals surface area contributed by atoms with Gasteiger partial charge in [-0.25, -0.2) is 9.67 Å². The van der Waals surface area contributed by atoms with Crippen molar-refractivity contribution in [1.82, 2.24) is 24.4 Å². The van der Waals surface area contributed by atoms with E-state index in [0.29, 0.717) is 11.6 Å². The summed E-state index contributed by atoms with van der Waals surface area (Å²) in [6.45, 7) is 1.90. The highest BCUT2D eigenvalue weighted by molar-refractivity contribution is 7.86. The van der Waals surface area contributed by atoms with Gasteiger partial charge in [0.05, 0.1) is 28.0 Å². The monoisotopic (exact) mass is 539 g/mol. The van der Waals surface area contributed by atoms with Crippen LogP contribution in [0.5, 0.6) is 0 Å². The van der Waals surface area contributed by atoms with Gasteiger partial charge in [0.15, 0.2) is 0 Å². The second-order valence-corrected chi connectivity index (χ2v) is 11.1. The first-order chi connectivity index (χ1) is 18.8. The molecule has 3 aromatic carbocycles. The topological polar surface area (TPSA) is 90.2 Å². The standard InChI is InChI=1S/C29H27N6O3S/c1-21-13-15-23(16-14-21)39(36,37)38-35(3)27(33(2)28-29(35)31-20-19-30-28)18-17-25-24-11-7-8-12-26(24)34(32-25)22-9-5-4-6-10-22/h4-20,27H,1-3H3/q+1. The molecule has 39 heavy (non-hydrogen) atoms. The molecule has 0 radical (unpaired) electrons. The van der Waals surface area contributed by atoms with Gasteiger partial charge in [0.1, 0.15) is 7.05 Å². The average molecular weight is 540 g/mol. The maximum absolute atomic E-state index is 13.4. The van der Waals surface area contributed by atoms with Crippen LogP contribution in [-0.4, -0.2) is 48.4 Å². The first-order valence-electron chi connectivity index (χ1n) is 12.4. The van der Waals surface area contributed by atoms with Gasteiger partial charge < -0.3 is 0 Å². The van der Waals surface area contributed by atoms with Gasteiger partial charge in [-0.15, -0.1) is 0 Å². The number of fused-ring (bicyclic) bond motifs is 2. The van der Waals surface area contributed by atoms with E-state index in [4.69, 9.17) is 9.38 Å². The zero-order valence-electron chi connectivity index (χ0n) is 21.7. The molecule has 0 spiro atoms. The number of aryl methyl sites for hydroxylation is 1. The molecule has 1 aliphatic rings. The van der Waals surface area contributed by atoms with Crippen molar-refractivity contribution >= 4 is 38.7 Å². The molecule has 0 saturated carbocycles. The van der Waals surface area contributed by atoms with Crippen molar-refractivity contribution in [2.75, 3.05) is 19.0 Å². The van der Waals surface area contributed by atoms with Crippen LogP contribution in [0.3, 0.4) is 0 Å². The van der Waals surface area contributed by atoms with E-state index >= 15 is 0 Å². The molecule has 10 heteroatoms. The summed E-state index contributed by atoms with van der Waals surface area (Å²) in [7, 11) is -0.623. The largest absolute Gasteiger partial charge is 0.343 e. The Hall–Kier alpha value is -4.38. The summed E-state index contributed by atoms with van der Waals surface area (Å²) < 4.78 is 34.3. The lowest BCUT2D eigenvalue weighted by Crippen LogP contribution is -2.56. The van der Waals surface area contributed by atoms with Crippen molar-refractivity contribution in [3.05, 3.63) is 109 Å². The van der Waals surface area contributed by atoms with E-state index in [1.54, 1.807) is 37.5 Å². The highest BCUT2D eigenvalue weighted by atomic mass is 32.2. The Morgan fingerprint density at radius 3 is 2.38 bits per heavy atom. The summed E-state index contributed by atoms with van der Waals surface area (Å²) in [5.74, 6) is 0.929. The molecule has 0 aliphatic carbocycles. The van der Waals surface area contributed by atoms with Crippen molar-refractivity contribution in [1.29, 1.82) is 0 Å². The summed E-state index contributed by atoms with van der Waals surface area (Å²) in [6.07, 6.45) is 6.30. The number of likely N-dealkylation sites (N-methyl/N-ethyl adjacent to an activating group) is 2. The van der Waals surface area contributed by atoms with E-state index in [1.807, 2.05) is 90.3 Å². The molecule has 2 unspecified atom stereocenters. The number of anilines is 1. The fourth-order valence-corrected chi connectivity index (χ4v) is 6.07. The van der Waals surface area contributed by atoms with E-state index in [0.717, 1.165) is 27.8 Å². The maximum atomic E-state index is 13.4. The second kappa shape index (κ2) is 9.42. The third kappa shape index (κ3) is 4.28. The average Bonchev–Trinajstić information content (AvgIpc) is 3.41. The molecule has 6 rings (SSSR count). The van der Waals surface area contributed by atoms with Gasteiger partial charge in [-0.2, -0.15) is 18.5 Å². The molecule has 1 aliphatic heterocycles. The Balaban J connectivity index is 1.43. The van der Waals surface area contributed by atoms with Gasteiger partial charge in [0.2, 0.25) is 12.0 Å². The SMILES string of the molecule is Cc1ccc(S(=O)(=O)O[N+]2(C)c3nccnc3N(C)C2C=Cc2nn(-c3ccccc3)c3ccccc23)cc1. The summed E-state index contributed by atoms with van der Waals surface area (Å²) in [6, 6.07) is 24.5. The third-order valence-electron chi connectivity index (χ3n) is 6.92. The van der Waals surface area contributed by atoms with Crippen LogP contribution in [0.25, 0.3) is 22.7 Å². The Labute approximate surface area is 226 Å². The fraction of sp³-hybridized carbons (Fsp3) is 0.138. The fourth-order valence-electron chi connectivity index (χ4n) is 4.95. The molecular weight excluding hydrogens is 512 g/mol. The van der Waals surface area contributed by atoms with Gasteiger partial charge >= 0.3 is 15.9 Å². The lowest BCUT2D eigenvalue weighted by molar-refractivity contribution is -0.0318. The molecule has 0 saturated heterocycles. The van der Waals surface area contributed by atoms with Gasteiger partial charge in [0.25, 0.3) is 0 Å². The van der Waals surface area contributed by atoms with Gasteiger partial charge in [-0.3, -0.25) is 4.90 Å². The van der Waals surface area contributed by atoms with E-state index in [9.17, 15) is 8.42 Å². The van der Waals surface area contributed by atoms with Crippen LogP contribution in [-0.2, 0) is 14.4 Å². The third-order valence-corrected chi connectivity index (χ3v) is 8.28. The molecule has 196 valence electrons. The van der Waals surface area contributed by atoms with E-state index in [-0.39, 0.29) is 4.90 Å². The Morgan fingerprint density at radius 2 is 1.62 bits per heavy atom. The van der Waals surface area contributed by atoms with Crippen LogP contribution in [0, 0.1) is 6.92 Å². The molecule has 0 bridgehead atoms. The predicted molar refractivity (Wildman–Crippen MR) is 151 cm³/mol. The number of nitrogens with zero attached hydrogens (tertiary/aromatic N) is 6. The van der Waals surface area contributed by atoms with Crippen molar-refractivity contribution < 1.29 is 12.7 Å². The smallest absolute Gasteiger partial charge is 0.297 e. The first kappa shape index (κ1) is 24.9. The second-order valence-electron chi connectivity index (χ2n) is 9.57. The number of hydrogen-bond acceptors (Lipinski definition) is 7. The number of para-hydroxylation sites is 2. The number of aromatic nitrogens is 4. The lowest BCUT2D eigenvalue weighted by Gasteiger charge is -2.30. The minimum Gasteiger partial charge on any atom is -0.297 e. The van der Waals surface area contributed by atoms with Crippen LogP contribution in [0.15, 0.2) is 102 Å². The van der Waals surface area contributed by atoms with E-state index in [1.165, 1.54) is 6.20 Å². The molecule has 0 amide bonds. The van der Waals surface area contributed by atoms with Gasteiger partial charge in [-0.05, 0) is 43.3 Å². The zero-order valence-corrected chi connectivity index (χ0v) is 22.5. The van der Waals surface area contributed by atoms with Crippen molar-refractivity contribution in [3.63, 3.8) is 0 Å². The van der Waals surface area contributed by atoms with Gasteiger partial charge in [-0.1, -0.05) is 63.0 Å². The number of benzene rings is 3. The van der Waals surface area contributed by atoms with Crippen LogP contribution in [0.4, 0.5) is 11.6 Å². The Bertz CT molecular complexity index is 1800. The van der Waals surface area contributed by atoms with E-state index in [2.05, 4.69) is 9.97 Å². The van der Waals surface area contributed by atoms with Crippen molar-refractivity contribution in [3.8, 4) is 5.69 Å². The summed E-state index contributed by atoms with van der Waals surface area (Å²) in [5, 5.41) is 5.85. The quantitative estimate of drug-likeness (QED) is 0.284. The Kier molecular flexibility index (Phi) is 6.02. The van der Waals surface area contributed by atoms with Crippen LogP contribution in [0.1, 0.15) is 11.3 Å². The van der Waals surface area contributed by atoms with Crippen molar-refractivity contribution in [2.24, 2.45) is 0 Å². The molecule has 2 aromatic heterocycles. The maximum Gasteiger partial charge on any atom is 0.343 e. The van der Waals surface area contributed by atoms with Crippen LogP contribution < -0.4 is 9.55 Å². The Morgan fingerprint density at radius 1 is 0.923 bits per heavy atom. The highest BCUT2D eigenvalue weighted by Gasteiger charge is 2.54. The zero-order chi connectivity index (χ0) is 27.2. The number of quaternary nitrogens is 1.